The van der Waals surface area contributed by atoms with E-state index < -0.39 is 10.0 Å². The van der Waals surface area contributed by atoms with E-state index in [9.17, 15) is 13.2 Å². The van der Waals surface area contributed by atoms with Crippen molar-refractivity contribution < 1.29 is 13.2 Å². The molecule has 2 aromatic carbocycles. The average Bonchev–Trinajstić information content (AvgIpc) is 2.68. The number of nitrogens with one attached hydrogen (secondary N) is 1. The number of carbonyl (C=O) groups is 1. The summed E-state index contributed by atoms with van der Waals surface area (Å²) in [5, 5.41) is 0. The Balaban J connectivity index is 1.79. The van der Waals surface area contributed by atoms with E-state index in [2.05, 4.69) is 14.7 Å². The summed E-state index contributed by atoms with van der Waals surface area (Å²) in [5.41, 5.74) is 1.13. The second-order valence-electron chi connectivity index (χ2n) is 5.40. The Morgan fingerprint density at radius 2 is 1.54 bits per heavy atom. The van der Waals surface area contributed by atoms with Crippen LogP contribution in [0.25, 0.3) is 0 Å². The quantitative estimate of drug-likeness (QED) is 0.747. The van der Waals surface area contributed by atoms with E-state index in [4.69, 9.17) is 0 Å². The van der Waals surface area contributed by atoms with Crippen LogP contribution in [0.3, 0.4) is 0 Å². The first-order valence-corrected chi connectivity index (χ1v) is 9.19. The van der Waals surface area contributed by atoms with Gasteiger partial charge in [-0.3, -0.25) is 4.79 Å². The molecule has 3 rings (SSSR count). The molecule has 7 nitrogen and oxygen atoms in total. The van der Waals surface area contributed by atoms with Crippen LogP contribution < -0.4 is 9.62 Å². The van der Waals surface area contributed by atoms with Crippen LogP contribution in [0.15, 0.2) is 78.0 Å². The molecule has 0 fully saturated rings. The molecule has 8 heteroatoms. The maximum absolute atomic E-state index is 12.4. The number of hydrogen-bond donors (Lipinski definition) is 1. The average molecular weight is 368 g/mol. The molecule has 0 aliphatic carbocycles. The summed E-state index contributed by atoms with van der Waals surface area (Å²) in [6, 6.07) is 16.4. The number of nitrogens with zero attached hydrogens (tertiary/aromatic N) is 3. The zero-order valence-electron chi connectivity index (χ0n) is 13.9. The fourth-order valence-corrected chi connectivity index (χ4v) is 3.23. The zero-order valence-corrected chi connectivity index (χ0v) is 14.7. The van der Waals surface area contributed by atoms with E-state index in [-0.39, 0.29) is 16.8 Å². The van der Waals surface area contributed by atoms with Gasteiger partial charge in [-0.05, 0) is 42.5 Å². The lowest BCUT2D eigenvalue weighted by atomic mass is 10.2. The van der Waals surface area contributed by atoms with Crippen LogP contribution in [-0.2, 0) is 10.0 Å². The molecule has 0 saturated heterocycles. The number of amides is 1. The number of benzene rings is 2. The van der Waals surface area contributed by atoms with E-state index in [0.717, 1.165) is 0 Å². The highest BCUT2D eigenvalue weighted by Gasteiger charge is 2.17. The fourth-order valence-electron chi connectivity index (χ4n) is 2.27. The number of sulfonamides is 1. The van der Waals surface area contributed by atoms with E-state index in [0.29, 0.717) is 11.3 Å². The molecular formula is C18H16N4O3S. The van der Waals surface area contributed by atoms with Gasteiger partial charge in [0.15, 0.2) is 0 Å². The van der Waals surface area contributed by atoms with E-state index in [1.807, 2.05) is 6.07 Å². The van der Waals surface area contributed by atoms with Crippen LogP contribution >= 0.6 is 0 Å². The van der Waals surface area contributed by atoms with Crippen LogP contribution in [0.1, 0.15) is 10.4 Å². The van der Waals surface area contributed by atoms with Gasteiger partial charge >= 0.3 is 0 Å². The molecule has 1 aromatic heterocycles. The number of carbonyl (C=O) groups excluding carboxylic acids is 1. The molecule has 132 valence electrons. The molecule has 0 atom stereocenters. The lowest BCUT2D eigenvalue weighted by Crippen LogP contribution is -2.26. The topological polar surface area (TPSA) is 92.3 Å². The van der Waals surface area contributed by atoms with E-state index in [1.54, 1.807) is 49.5 Å². The van der Waals surface area contributed by atoms with Gasteiger partial charge in [0.25, 0.3) is 15.9 Å². The smallest absolute Gasteiger partial charge is 0.264 e. The minimum Gasteiger partial charge on any atom is -0.311 e. The predicted octanol–water partition coefficient (Wildman–Crippen LogP) is 2.55. The van der Waals surface area contributed by atoms with E-state index >= 15 is 0 Å². The maximum atomic E-state index is 12.4. The Hall–Kier alpha value is -3.26. The normalized spacial score (nSPS) is 11.0. The third kappa shape index (κ3) is 3.86. The molecule has 0 spiro atoms. The second-order valence-corrected chi connectivity index (χ2v) is 7.08. The fraction of sp³-hybridized carbons (Fsp3) is 0.0556. The van der Waals surface area contributed by atoms with Crippen LogP contribution in [0.5, 0.6) is 0 Å². The molecule has 0 bridgehead atoms. The maximum Gasteiger partial charge on any atom is 0.264 e. The molecule has 3 aromatic rings. The second kappa shape index (κ2) is 7.32. The third-order valence-corrected chi connectivity index (χ3v) is 5.00. The van der Waals surface area contributed by atoms with Gasteiger partial charge in [-0.2, -0.15) is 0 Å². The van der Waals surface area contributed by atoms with Crippen molar-refractivity contribution >= 4 is 27.6 Å². The van der Waals surface area contributed by atoms with Gasteiger partial charge in [0.2, 0.25) is 5.95 Å². The molecule has 1 heterocycles. The summed E-state index contributed by atoms with van der Waals surface area (Å²) in [6.07, 6.45) is 2.89. The van der Waals surface area contributed by atoms with Crippen molar-refractivity contribution in [2.24, 2.45) is 0 Å². The van der Waals surface area contributed by atoms with Crippen molar-refractivity contribution in [1.82, 2.24) is 9.97 Å². The van der Waals surface area contributed by atoms with Crippen LogP contribution in [0.4, 0.5) is 11.6 Å². The van der Waals surface area contributed by atoms with Crippen molar-refractivity contribution in [3.05, 3.63) is 78.6 Å². The summed E-state index contributed by atoms with van der Waals surface area (Å²) in [4.78, 5) is 21.6. The summed E-state index contributed by atoms with van der Waals surface area (Å²) in [6.45, 7) is 0. The molecule has 0 aliphatic rings. The minimum atomic E-state index is -3.81. The van der Waals surface area contributed by atoms with Gasteiger partial charge < -0.3 is 4.90 Å². The Kier molecular flexibility index (Phi) is 4.94. The van der Waals surface area contributed by atoms with Gasteiger partial charge in [-0.1, -0.05) is 18.2 Å². The van der Waals surface area contributed by atoms with Gasteiger partial charge in [-0.15, -0.1) is 0 Å². The van der Waals surface area contributed by atoms with Gasteiger partial charge in [0.05, 0.1) is 4.90 Å². The minimum absolute atomic E-state index is 0.00653. The highest BCUT2D eigenvalue weighted by atomic mass is 32.2. The molecule has 0 radical (unpaired) electrons. The van der Waals surface area contributed by atoms with Crippen molar-refractivity contribution in [2.45, 2.75) is 4.90 Å². The Morgan fingerprint density at radius 3 is 2.15 bits per heavy atom. The Bertz CT molecular complexity index is 992. The molecule has 0 aliphatic heterocycles. The van der Waals surface area contributed by atoms with Crippen molar-refractivity contribution in [1.29, 1.82) is 0 Å². The molecule has 1 N–H and O–H groups in total. The summed E-state index contributed by atoms with van der Waals surface area (Å²) in [5.74, 6) is -0.190. The number of hydrogen-bond acceptors (Lipinski definition) is 5. The van der Waals surface area contributed by atoms with Gasteiger partial charge in [0, 0.05) is 30.7 Å². The third-order valence-electron chi connectivity index (χ3n) is 3.65. The Labute approximate surface area is 151 Å². The number of anilines is 2. The molecule has 0 saturated carbocycles. The molecule has 1 amide bonds. The lowest BCUT2D eigenvalue weighted by molar-refractivity contribution is 0.0993. The SMILES string of the molecule is CN(C(=O)c1ccccc1)c1ccc(S(=O)(=O)Nc2ncccn2)cc1. The van der Waals surface area contributed by atoms with Gasteiger partial charge in [0.1, 0.15) is 0 Å². The highest BCUT2D eigenvalue weighted by molar-refractivity contribution is 7.92. The van der Waals surface area contributed by atoms with Crippen molar-refractivity contribution in [2.75, 3.05) is 16.7 Å². The van der Waals surface area contributed by atoms with Crippen LogP contribution in [0.2, 0.25) is 0 Å². The predicted molar refractivity (Wildman–Crippen MR) is 98.5 cm³/mol. The summed E-state index contributed by atoms with van der Waals surface area (Å²) < 4.78 is 27.0. The first-order chi connectivity index (χ1) is 12.5. The highest BCUT2D eigenvalue weighted by Crippen LogP contribution is 2.20. The number of rotatable bonds is 5. The molecular weight excluding hydrogens is 352 g/mol. The first-order valence-electron chi connectivity index (χ1n) is 7.70. The number of aromatic nitrogens is 2. The molecule has 0 unspecified atom stereocenters. The zero-order chi connectivity index (χ0) is 18.6. The molecule has 26 heavy (non-hydrogen) atoms. The van der Waals surface area contributed by atoms with Crippen LogP contribution in [-0.4, -0.2) is 31.3 Å². The monoisotopic (exact) mass is 368 g/mol. The van der Waals surface area contributed by atoms with Gasteiger partial charge in [-0.25, -0.2) is 23.1 Å². The van der Waals surface area contributed by atoms with E-state index in [1.165, 1.54) is 29.4 Å². The standard InChI is InChI=1S/C18H16N4O3S/c1-22(17(23)14-6-3-2-4-7-14)15-8-10-16(11-9-15)26(24,25)21-18-19-12-5-13-20-18/h2-13H,1H3,(H,19,20,21). The lowest BCUT2D eigenvalue weighted by Gasteiger charge is -2.18. The Morgan fingerprint density at radius 1 is 0.923 bits per heavy atom. The van der Waals surface area contributed by atoms with Crippen molar-refractivity contribution in [3.63, 3.8) is 0 Å². The largest absolute Gasteiger partial charge is 0.311 e. The summed E-state index contributed by atoms with van der Waals surface area (Å²) in [7, 11) is -2.17. The first kappa shape index (κ1) is 17.6. The summed E-state index contributed by atoms with van der Waals surface area (Å²) >= 11 is 0. The van der Waals surface area contributed by atoms with Crippen molar-refractivity contribution in [3.8, 4) is 0 Å². The van der Waals surface area contributed by atoms with Crippen LogP contribution in [0, 0.1) is 0 Å².